The van der Waals surface area contributed by atoms with E-state index < -0.39 is 0 Å². The van der Waals surface area contributed by atoms with Gasteiger partial charge in [-0.3, -0.25) is 0 Å². The molecular formula is C7H16NOSn. The summed E-state index contributed by atoms with van der Waals surface area (Å²) in [5.41, 5.74) is 0. The molecule has 1 unspecified atom stereocenters. The molecule has 0 heterocycles. The van der Waals surface area contributed by atoms with E-state index in [1.165, 1.54) is 22.9 Å². The van der Waals surface area contributed by atoms with Gasteiger partial charge < -0.3 is 0 Å². The summed E-state index contributed by atoms with van der Waals surface area (Å²) in [7, 11) is 2.12. The van der Waals surface area contributed by atoms with Crippen molar-refractivity contribution < 1.29 is 3.07 Å². The van der Waals surface area contributed by atoms with Crippen LogP contribution in [0.25, 0.3) is 0 Å². The molecule has 0 spiro atoms. The van der Waals surface area contributed by atoms with Crippen molar-refractivity contribution in [1.29, 1.82) is 0 Å². The van der Waals surface area contributed by atoms with Gasteiger partial charge >= 0.3 is 77.4 Å². The van der Waals surface area contributed by atoms with Crippen LogP contribution in [0.3, 0.4) is 0 Å². The van der Waals surface area contributed by atoms with Crippen molar-refractivity contribution in [2.75, 3.05) is 20.1 Å². The maximum absolute atomic E-state index is 5.32. The van der Waals surface area contributed by atoms with Gasteiger partial charge in [0.1, 0.15) is 0 Å². The van der Waals surface area contributed by atoms with Crippen LogP contribution in [-0.4, -0.2) is 54.1 Å². The quantitative estimate of drug-likeness (QED) is 0.668. The molecule has 0 fully saturated rings. The van der Waals surface area contributed by atoms with E-state index in [1.807, 2.05) is 0 Å². The Morgan fingerprint density at radius 1 is 1.50 bits per heavy atom. The van der Waals surface area contributed by atoms with Crippen molar-refractivity contribution >= 4 is 22.9 Å². The Hall–Kier alpha value is 0.719. The average Bonchev–Trinajstić information content (AvgIpc) is 1.99. The summed E-state index contributed by atoms with van der Waals surface area (Å²) in [4.78, 5) is 2.28. The van der Waals surface area contributed by atoms with Gasteiger partial charge in [0, 0.05) is 0 Å². The van der Waals surface area contributed by atoms with Gasteiger partial charge in [-0.15, -0.1) is 0 Å². The molecule has 10 heavy (non-hydrogen) atoms. The Kier molecular flexibility index (Phi) is 6.89. The molecule has 0 aliphatic heterocycles. The van der Waals surface area contributed by atoms with E-state index in [0.717, 1.165) is 19.5 Å². The van der Waals surface area contributed by atoms with Crippen LogP contribution in [0.2, 0.25) is 0 Å². The molecule has 0 rings (SSSR count). The maximum atomic E-state index is 5.32. The van der Waals surface area contributed by atoms with E-state index >= 15 is 0 Å². The third-order valence-electron chi connectivity index (χ3n) is 1.68. The summed E-state index contributed by atoms with van der Waals surface area (Å²) in [6.07, 6.45) is 1.57. The van der Waals surface area contributed by atoms with E-state index in [2.05, 4.69) is 25.8 Å². The summed E-state index contributed by atoms with van der Waals surface area (Å²) in [6, 6.07) is 0. The number of nitrogens with zero attached hydrogens (tertiary/aromatic N) is 1. The van der Waals surface area contributed by atoms with E-state index in [-0.39, 0.29) is 0 Å². The second-order valence-corrected chi connectivity index (χ2v) is 3.18. The number of rotatable bonds is 5. The zero-order valence-electron chi connectivity index (χ0n) is 7.05. The Labute approximate surface area is 77.6 Å². The number of likely N-dealkylation sites (N-methyl/N-ethyl adjacent to an activating group) is 1. The molecule has 0 aromatic heterocycles. The molecule has 0 saturated heterocycles. The average molecular weight is 249 g/mol. The van der Waals surface area contributed by atoms with Crippen LogP contribution in [0.1, 0.15) is 20.3 Å². The molecule has 0 N–H and O–H groups in total. The van der Waals surface area contributed by atoms with E-state index in [0.29, 0.717) is 6.10 Å². The first-order valence-electron chi connectivity index (χ1n) is 3.75. The fourth-order valence-electron chi connectivity index (χ4n) is 0.726. The molecular weight excluding hydrogens is 233 g/mol. The van der Waals surface area contributed by atoms with Gasteiger partial charge in [-0.2, -0.15) is 0 Å². The summed E-state index contributed by atoms with van der Waals surface area (Å²) in [5, 5.41) is 0. The fraction of sp³-hybridized carbons (Fsp3) is 1.00. The van der Waals surface area contributed by atoms with Gasteiger partial charge in [-0.1, -0.05) is 0 Å². The molecule has 0 aromatic rings. The molecule has 0 aliphatic carbocycles. The second kappa shape index (κ2) is 6.43. The molecule has 0 bridgehead atoms. The van der Waals surface area contributed by atoms with Crippen LogP contribution in [0.5, 0.6) is 0 Å². The zero-order valence-corrected chi connectivity index (χ0v) is 9.91. The van der Waals surface area contributed by atoms with Crippen molar-refractivity contribution in [3.05, 3.63) is 0 Å². The molecule has 0 aliphatic rings. The molecule has 3 heteroatoms. The second-order valence-electron chi connectivity index (χ2n) is 2.50. The summed E-state index contributed by atoms with van der Waals surface area (Å²) < 4.78 is 5.32. The van der Waals surface area contributed by atoms with Crippen molar-refractivity contribution in [3.8, 4) is 0 Å². The first kappa shape index (κ1) is 10.7. The minimum atomic E-state index is 0.447. The van der Waals surface area contributed by atoms with Crippen LogP contribution < -0.4 is 0 Å². The Bertz CT molecular complexity index is 76.0. The Morgan fingerprint density at radius 2 is 2.10 bits per heavy atom. The van der Waals surface area contributed by atoms with Crippen LogP contribution in [0, 0.1) is 0 Å². The van der Waals surface area contributed by atoms with Crippen LogP contribution in [-0.2, 0) is 3.07 Å². The molecule has 59 valence electrons. The number of hydrogen-bond donors (Lipinski definition) is 0. The van der Waals surface area contributed by atoms with E-state index in [9.17, 15) is 0 Å². The van der Waals surface area contributed by atoms with E-state index in [4.69, 9.17) is 3.07 Å². The normalized spacial score (nSPS) is 14.1. The monoisotopic (exact) mass is 250 g/mol. The predicted molar refractivity (Wildman–Crippen MR) is 44.1 cm³/mol. The number of hydrogen-bond acceptors (Lipinski definition) is 2. The van der Waals surface area contributed by atoms with Gasteiger partial charge in [0.15, 0.2) is 0 Å². The van der Waals surface area contributed by atoms with E-state index in [1.54, 1.807) is 0 Å². The van der Waals surface area contributed by atoms with Gasteiger partial charge in [0.05, 0.1) is 0 Å². The summed E-state index contributed by atoms with van der Waals surface area (Å²) >= 11 is 1.18. The third kappa shape index (κ3) is 4.52. The zero-order chi connectivity index (χ0) is 7.98. The van der Waals surface area contributed by atoms with Crippen molar-refractivity contribution in [3.63, 3.8) is 0 Å². The first-order chi connectivity index (χ1) is 4.74. The van der Waals surface area contributed by atoms with Crippen LogP contribution in [0.4, 0.5) is 0 Å². The Morgan fingerprint density at radius 3 is 2.40 bits per heavy atom. The fourth-order valence-corrected chi connectivity index (χ4v) is 1.41. The third-order valence-corrected chi connectivity index (χ3v) is 2.63. The Balaban J connectivity index is 3.41. The van der Waals surface area contributed by atoms with Crippen LogP contribution >= 0.6 is 0 Å². The van der Waals surface area contributed by atoms with Crippen molar-refractivity contribution in [1.82, 2.24) is 4.90 Å². The SMILES string of the molecule is CCC(CN(C)CC)[O][Sn]. The summed E-state index contributed by atoms with van der Waals surface area (Å²) in [6.45, 7) is 6.50. The molecule has 1 atom stereocenters. The van der Waals surface area contributed by atoms with Crippen molar-refractivity contribution in [2.24, 2.45) is 0 Å². The molecule has 0 amide bonds. The molecule has 0 saturated carbocycles. The standard InChI is InChI=1S/C7H16NO.Sn/c1-4-7(9)6-8(3)5-2;/h7H,4-6H2,1-3H3;/q-1;+1. The first-order valence-corrected chi connectivity index (χ1v) is 4.92. The van der Waals surface area contributed by atoms with Gasteiger partial charge in [0.25, 0.3) is 0 Å². The van der Waals surface area contributed by atoms with Gasteiger partial charge in [-0.25, -0.2) is 0 Å². The van der Waals surface area contributed by atoms with Gasteiger partial charge in [-0.05, 0) is 0 Å². The molecule has 0 aromatic carbocycles. The molecule has 3 radical (unpaired) electrons. The predicted octanol–water partition coefficient (Wildman–Crippen LogP) is 0.817. The molecule has 2 nitrogen and oxygen atoms in total. The topological polar surface area (TPSA) is 12.5 Å². The van der Waals surface area contributed by atoms with Crippen molar-refractivity contribution in [2.45, 2.75) is 26.4 Å². The van der Waals surface area contributed by atoms with Gasteiger partial charge in [0.2, 0.25) is 0 Å². The van der Waals surface area contributed by atoms with Crippen LogP contribution in [0.15, 0.2) is 0 Å². The minimum absolute atomic E-state index is 0.447. The summed E-state index contributed by atoms with van der Waals surface area (Å²) in [5.74, 6) is 0.